The maximum absolute atomic E-state index is 11.9. The molecule has 0 atom stereocenters. The zero-order chi connectivity index (χ0) is 18.7. The molecule has 0 aliphatic heterocycles. The number of ketones is 1. The van der Waals surface area contributed by atoms with Crippen LogP contribution >= 0.6 is 0 Å². The molecule has 1 amide bonds. The zero-order valence-electron chi connectivity index (χ0n) is 15.8. The smallest absolute Gasteiger partial charge is 0.277 e. The molecule has 0 spiro atoms. The zero-order valence-corrected chi connectivity index (χ0v) is 15.8. The number of ether oxygens (including phenoxy) is 1. The lowest BCUT2D eigenvalue weighted by Crippen LogP contribution is -2.32. The van der Waals surface area contributed by atoms with E-state index in [9.17, 15) is 9.59 Å². The monoisotopic (exact) mass is 344 g/mol. The summed E-state index contributed by atoms with van der Waals surface area (Å²) in [5.74, 6) is 0.479. The molecule has 1 aliphatic carbocycles. The van der Waals surface area contributed by atoms with Gasteiger partial charge in [-0.3, -0.25) is 9.59 Å². The van der Waals surface area contributed by atoms with Gasteiger partial charge in [0.15, 0.2) is 6.61 Å². The highest BCUT2D eigenvalue weighted by Crippen LogP contribution is 2.31. The molecule has 5 nitrogen and oxygen atoms in total. The topological polar surface area (TPSA) is 67.8 Å². The van der Waals surface area contributed by atoms with Crippen molar-refractivity contribution >= 4 is 17.4 Å². The van der Waals surface area contributed by atoms with Gasteiger partial charge in [0.25, 0.3) is 5.91 Å². The number of nitrogens with zero attached hydrogens (tertiary/aromatic N) is 1. The molecule has 1 aromatic rings. The Kier molecular flexibility index (Phi) is 5.65. The van der Waals surface area contributed by atoms with Gasteiger partial charge in [0.1, 0.15) is 11.5 Å². The number of rotatable bonds is 4. The van der Waals surface area contributed by atoms with Gasteiger partial charge in [-0.05, 0) is 34.9 Å². The van der Waals surface area contributed by atoms with Crippen LogP contribution < -0.4 is 10.2 Å². The third-order valence-corrected chi connectivity index (χ3v) is 4.19. The highest BCUT2D eigenvalue weighted by Gasteiger charge is 2.30. The van der Waals surface area contributed by atoms with E-state index < -0.39 is 0 Å². The fraction of sp³-hybridized carbons (Fsp3) is 0.550. The predicted octanol–water partition coefficient (Wildman–Crippen LogP) is 3.61. The van der Waals surface area contributed by atoms with Crippen molar-refractivity contribution in [1.82, 2.24) is 5.43 Å². The Morgan fingerprint density at radius 3 is 2.40 bits per heavy atom. The van der Waals surface area contributed by atoms with E-state index in [2.05, 4.69) is 31.3 Å². The number of nitrogens with one attached hydrogen (secondary N) is 1. The first kappa shape index (κ1) is 19.2. The summed E-state index contributed by atoms with van der Waals surface area (Å²) in [5.41, 5.74) is 4.41. The molecule has 1 N–H and O–H groups in total. The van der Waals surface area contributed by atoms with Crippen LogP contribution in [0.3, 0.4) is 0 Å². The molecular weight excluding hydrogens is 316 g/mol. The molecule has 1 saturated carbocycles. The molecule has 0 radical (unpaired) electrons. The molecular formula is C20H28N2O3. The predicted molar refractivity (Wildman–Crippen MR) is 98.9 cm³/mol. The minimum atomic E-state index is -0.330. The van der Waals surface area contributed by atoms with E-state index in [1.807, 2.05) is 38.1 Å². The van der Waals surface area contributed by atoms with Crippen molar-refractivity contribution in [2.75, 3.05) is 6.61 Å². The number of amides is 1. The molecule has 1 aromatic carbocycles. The largest absolute Gasteiger partial charge is 0.484 e. The molecule has 0 aromatic heterocycles. The second-order valence-corrected chi connectivity index (χ2v) is 8.51. The highest BCUT2D eigenvalue weighted by atomic mass is 16.5. The minimum absolute atomic E-state index is 0.0806. The number of Topliss-reactive ketones (excluding diaryl/α,β-unsaturated/α-hetero) is 1. The van der Waals surface area contributed by atoms with Crippen LogP contribution in [0.4, 0.5) is 0 Å². The molecule has 1 aliphatic rings. The standard InChI is InChI=1S/C20H28N2O3/c1-19(2,3)14-6-8-17(9-7-14)25-13-18(24)22-21-15-10-16(23)12-20(4,5)11-15/h6-9H,10-13H2,1-5H3,(H,22,24). The summed E-state index contributed by atoms with van der Waals surface area (Å²) in [6.07, 6.45) is 1.60. The van der Waals surface area contributed by atoms with Gasteiger partial charge in [-0.15, -0.1) is 0 Å². The van der Waals surface area contributed by atoms with Crippen molar-refractivity contribution in [3.8, 4) is 5.75 Å². The lowest BCUT2D eigenvalue weighted by molar-refractivity contribution is -0.123. The summed E-state index contributed by atoms with van der Waals surface area (Å²) in [6.45, 7) is 10.4. The van der Waals surface area contributed by atoms with Gasteiger partial charge in [-0.25, -0.2) is 5.43 Å². The molecule has 0 bridgehead atoms. The second-order valence-electron chi connectivity index (χ2n) is 8.51. The van der Waals surface area contributed by atoms with Crippen molar-refractivity contribution in [3.05, 3.63) is 29.8 Å². The molecule has 25 heavy (non-hydrogen) atoms. The number of benzene rings is 1. The molecule has 0 saturated heterocycles. The molecule has 136 valence electrons. The van der Waals surface area contributed by atoms with Crippen molar-refractivity contribution in [1.29, 1.82) is 0 Å². The average Bonchev–Trinajstić information content (AvgIpc) is 2.48. The van der Waals surface area contributed by atoms with Crippen molar-refractivity contribution < 1.29 is 14.3 Å². The lowest BCUT2D eigenvalue weighted by atomic mass is 9.76. The van der Waals surface area contributed by atoms with Crippen LogP contribution in [0.25, 0.3) is 0 Å². The maximum atomic E-state index is 11.9. The fourth-order valence-electron chi connectivity index (χ4n) is 2.95. The van der Waals surface area contributed by atoms with Gasteiger partial charge in [0.05, 0.1) is 0 Å². The highest BCUT2D eigenvalue weighted by molar-refractivity contribution is 6.05. The Morgan fingerprint density at radius 1 is 1.20 bits per heavy atom. The van der Waals surface area contributed by atoms with E-state index >= 15 is 0 Å². The van der Waals surface area contributed by atoms with E-state index in [1.54, 1.807) is 0 Å². The quantitative estimate of drug-likeness (QED) is 0.848. The molecule has 0 heterocycles. The summed E-state index contributed by atoms with van der Waals surface area (Å²) < 4.78 is 5.49. The Bertz CT molecular complexity index is 667. The molecule has 5 heteroatoms. The van der Waals surface area contributed by atoms with Gasteiger partial charge in [-0.2, -0.15) is 5.10 Å². The van der Waals surface area contributed by atoms with E-state index in [-0.39, 0.29) is 29.1 Å². The number of hydrazone groups is 1. The van der Waals surface area contributed by atoms with Gasteiger partial charge in [-0.1, -0.05) is 46.8 Å². The van der Waals surface area contributed by atoms with Crippen molar-refractivity contribution in [3.63, 3.8) is 0 Å². The van der Waals surface area contributed by atoms with E-state index in [0.29, 0.717) is 25.0 Å². The summed E-state index contributed by atoms with van der Waals surface area (Å²) in [4.78, 5) is 23.6. The van der Waals surface area contributed by atoms with Gasteiger partial charge in [0, 0.05) is 18.6 Å². The first-order valence-electron chi connectivity index (χ1n) is 8.64. The first-order chi connectivity index (χ1) is 11.5. The minimum Gasteiger partial charge on any atom is -0.484 e. The van der Waals surface area contributed by atoms with Crippen LogP contribution in [-0.2, 0) is 15.0 Å². The normalized spacial score (nSPS) is 18.9. The number of carbonyl (C=O) groups is 2. The number of hydrogen-bond donors (Lipinski definition) is 1. The van der Waals surface area contributed by atoms with Crippen LogP contribution in [-0.4, -0.2) is 24.0 Å². The van der Waals surface area contributed by atoms with Crippen LogP contribution in [0.5, 0.6) is 5.75 Å². The first-order valence-corrected chi connectivity index (χ1v) is 8.64. The number of hydrogen-bond acceptors (Lipinski definition) is 4. The Labute approximate surface area is 149 Å². The van der Waals surface area contributed by atoms with Crippen molar-refractivity contribution in [2.45, 2.75) is 59.3 Å². The molecule has 2 rings (SSSR count). The van der Waals surface area contributed by atoms with Gasteiger partial charge >= 0.3 is 0 Å². The van der Waals surface area contributed by atoms with E-state index in [0.717, 1.165) is 5.71 Å². The summed E-state index contributed by atoms with van der Waals surface area (Å²) in [5, 5.41) is 4.10. The fourth-order valence-corrected chi connectivity index (χ4v) is 2.95. The second kappa shape index (κ2) is 7.38. The average molecular weight is 344 g/mol. The molecule has 0 unspecified atom stereocenters. The number of carbonyl (C=O) groups excluding carboxylic acids is 2. The Morgan fingerprint density at radius 2 is 1.84 bits per heavy atom. The third kappa shape index (κ3) is 6.00. The summed E-state index contributed by atoms with van der Waals surface area (Å²) >= 11 is 0. The van der Waals surface area contributed by atoms with Crippen LogP contribution in [0.2, 0.25) is 0 Å². The van der Waals surface area contributed by atoms with Crippen LogP contribution in [0, 0.1) is 5.41 Å². The lowest BCUT2D eigenvalue weighted by Gasteiger charge is -2.28. The van der Waals surface area contributed by atoms with Crippen LogP contribution in [0.1, 0.15) is 59.4 Å². The SMILES string of the molecule is CC1(C)CC(=O)CC(=NNC(=O)COc2ccc(C(C)(C)C)cc2)C1. The maximum Gasteiger partial charge on any atom is 0.277 e. The van der Waals surface area contributed by atoms with E-state index in [4.69, 9.17) is 4.74 Å². The van der Waals surface area contributed by atoms with Gasteiger partial charge in [0.2, 0.25) is 0 Å². The summed E-state index contributed by atoms with van der Waals surface area (Å²) in [7, 11) is 0. The Balaban J connectivity index is 1.84. The Hall–Kier alpha value is -2.17. The summed E-state index contributed by atoms with van der Waals surface area (Å²) in [6, 6.07) is 7.73. The van der Waals surface area contributed by atoms with E-state index in [1.165, 1.54) is 5.56 Å². The molecule has 1 fully saturated rings. The van der Waals surface area contributed by atoms with Crippen molar-refractivity contribution in [2.24, 2.45) is 10.5 Å². The van der Waals surface area contributed by atoms with Crippen LogP contribution in [0.15, 0.2) is 29.4 Å². The van der Waals surface area contributed by atoms with Gasteiger partial charge < -0.3 is 4.74 Å². The third-order valence-electron chi connectivity index (χ3n) is 4.19.